The van der Waals surface area contributed by atoms with Gasteiger partial charge in [0, 0.05) is 49.6 Å². The Hall–Kier alpha value is -3.22. The van der Waals surface area contributed by atoms with Crippen molar-refractivity contribution in [2.75, 3.05) is 13.1 Å². The van der Waals surface area contributed by atoms with E-state index in [4.69, 9.17) is 4.74 Å². The molecule has 2 aromatic heterocycles. The van der Waals surface area contributed by atoms with Crippen LogP contribution in [0.1, 0.15) is 29.0 Å². The van der Waals surface area contributed by atoms with E-state index in [2.05, 4.69) is 19.9 Å². The third-order valence-electron chi connectivity index (χ3n) is 4.68. The summed E-state index contributed by atoms with van der Waals surface area (Å²) in [6.07, 6.45) is 4.84. The largest absolute Gasteiger partial charge is 0.460 e. The molecule has 0 radical (unpaired) electrons. The van der Waals surface area contributed by atoms with Crippen molar-refractivity contribution in [3.8, 4) is 17.4 Å². The molecule has 0 bridgehead atoms. The Kier molecular flexibility index (Phi) is 4.82. The second-order valence-electron chi connectivity index (χ2n) is 6.57. The zero-order valence-electron chi connectivity index (χ0n) is 15.1. The highest BCUT2D eigenvalue weighted by Gasteiger charge is 2.27. The van der Waals surface area contributed by atoms with Crippen LogP contribution in [0.5, 0.6) is 6.01 Å². The molecule has 0 spiro atoms. The average molecular weight is 363 g/mol. The van der Waals surface area contributed by atoms with E-state index in [-0.39, 0.29) is 12.0 Å². The Balaban J connectivity index is 1.40. The number of nitrogens with one attached hydrogen (secondary N) is 1. The number of piperidine rings is 1. The second-order valence-corrected chi connectivity index (χ2v) is 6.57. The molecule has 1 amide bonds. The predicted molar refractivity (Wildman–Crippen MR) is 100 cm³/mol. The van der Waals surface area contributed by atoms with Gasteiger partial charge in [0.2, 0.25) is 0 Å². The summed E-state index contributed by atoms with van der Waals surface area (Å²) >= 11 is 0. The molecule has 0 unspecified atom stereocenters. The molecule has 138 valence electrons. The number of hydrogen-bond donors (Lipinski definition) is 1. The van der Waals surface area contributed by atoms with Crippen molar-refractivity contribution in [1.29, 1.82) is 0 Å². The minimum absolute atomic E-state index is 0.0246. The molecule has 1 aliphatic rings. The van der Waals surface area contributed by atoms with Crippen LogP contribution in [0.4, 0.5) is 0 Å². The van der Waals surface area contributed by atoms with Crippen molar-refractivity contribution in [2.45, 2.75) is 25.9 Å². The number of aromatic amines is 1. The lowest BCUT2D eigenvalue weighted by molar-refractivity contribution is 0.0573. The number of imidazole rings is 1. The lowest BCUT2D eigenvalue weighted by Crippen LogP contribution is -2.42. The van der Waals surface area contributed by atoms with Crippen LogP contribution in [0.2, 0.25) is 0 Å². The monoisotopic (exact) mass is 363 g/mol. The van der Waals surface area contributed by atoms with Gasteiger partial charge in [-0.2, -0.15) is 0 Å². The van der Waals surface area contributed by atoms with E-state index in [0.717, 1.165) is 29.9 Å². The van der Waals surface area contributed by atoms with Gasteiger partial charge in [-0.15, -0.1) is 0 Å². The molecule has 0 atom stereocenters. The summed E-state index contributed by atoms with van der Waals surface area (Å²) in [7, 11) is 0. The van der Waals surface area contributed by atoms with Gasteiger partial charge in [-0.05, 0) is 13.0 Å². The number of rotatable bonds is 4. The summed E-state index contributed by atoms with van der Waals surface area (Å²) in [6, 6.07) is 12.0. The number of nitrogens with zero attached hydrogens (tertiary/aromatic N) is 4. The lowest BCUT2D eigenvalue weighted by atomic mass is 10.1. The second kappa shape index (κ2) is 7.57. The minimum atomic E-state index is -0.0413. The van der Waals surface area contributed by atoms with Crippen LogP contribution in [0, 0.1) is 6.92 Å². The Morgan fingerprint density at radius 2 is 1.81 bits per heavy atom. The molecule has 4 rings (SSSR count). The van der Waals surface area contributed by atoms with Gasteiger partial charge in [-0.3, -0.25) is 4.79 Å². The first-order chi connectivity index (χ1) is 13.2. The maximum atomic E-state index is 12.9. The van der Waals surface area contributed by atoms with Crippen LogP contribution >= 0.6 is 0 Å². The van der Waals surface area contributed by atoms with E-state index in [1.165, 1.54) is 0 Å². The molecule has 7 nitrogen and oxygen atoms in total. The zero-order chi connectivity index (χ0) is 18.6. The van der Waals surface area contributed by atoms with Crippen molar-refractivity contribution in [3.05, 3.63) is 60.2 Å². The first-order valence-corrected chi connectivity index (χ1v) is 9.05. The number of hydrogen-bond acceptors (Lipinski definition) is 5. The number of aromatic nitrogens is 4. The summed E-state index contributed by atoms with van der Waals surface area (Å²) in [5.74, 6) is 0.677. The Bertz CT molecular complexity index is 903. The Morgan fingerprint density at radius 1 is 1.11 bits per heavy atom. The van der Waals surface area contributed by atoms with E-state index in [0.29, 0.717) is 24.8 Å². The number of aryl methyl sites for hydroxylation is 1. The molecule has 3 heterocycles. The molecule has 0 aliphatic carbocycles. The summed E-state index contributed by atoms with van der Waals surface area (Å²) in [4.78, 5) is 30.7. The Morgan fingerprint density at radius 3 is 2.52 bits per heavy atom. The van der Waals surface area contributed by atoms with E-state index in [1.54, 1.807) is 18.5 Å². The van der Waals surface area contributed by atoms with E-state index in [9.17, 15) is 4.79 Å². The highest BCUT2D eigenvalue weighted by molar-refractivity contribution is 5.94. The normalized spacial score (nSPS) is 14.9. The first kappa shape index (κ1) is 17.2. The molecule has 27 heavy (non-hydrogen) atoms. The van der Waals surface area contributed by atoms with Gasteiger partial charge >= 0.3 is 6.01 Å². The number of carbonyl (C=O) groups is 1. The number of benzene rings is 1. The fourth-order valence-electron chi connectivity index (χ4n) is 3.22. The van der Waals surface area contributed by atoms with Crippen LogP contribution in [-0.2, 0) is 0 Å². The van der Waals surface area contributed by atoms with Crippen LogP contribution in [0.15, 0.2) is 48.8 Å². The third kappa shape index (κ3) is 3.81. The highest BCUT2D eigenvalue weighted by Crippen LogP contribution is 2.21. The van der Waals surface area contributed by atoms with Crippen LogP contribution in [-0.4, -0.2) is 49.9 Å². The average Bonchev–Trinajstić information content (AvgIpc) is 3.11. The smallest absolute Gasteiger partial charge is 0.316 e. The van der Waals surface area contributed by atoms with Gasteiger partial charge in [0.05, 0.1) is 0 Å². The summed E-state index contributed by atoms with van der Waals surface area (Å²) < 4.78 is 5.79. The van der Waals surface area contributed by atoms with Gasteiger partial charge in [0.1, 0.15) is 17.6 Å². The molecule has 1 aliphatic heterocycles. The quantitative estimate of drug-likeness (QED) is 0.770. The molecule has 0 saturated carbocycles. The lowest BCUT2D eigenvalue weighted by Gasteiger charge is -2.31. The van der Waals surface area contributed by atoms with Crippen molar-refractivity contribution in [3.63, 3.8) is 0 Å². The minimum Gasteiger partial charge on any atom is -0.460 e. The number of ether oxygens (including phenoxy) is 1. The Labute approximate surface area is 157 Å². The van der Waals surface area contributed by atoms with E-state index < -0.39 is 0 Å². The van der Waals surface area contributed by atoms with Gasteiger partial charge in [-0.25, -0.2) is 15.0 Å². The number of likely N-dealkylation sites (tertiary alicyclic amines) is 1. The summed E-state index contributed by atoms with van der Waals surface area (Å²) in [5, 5.41) is 0. The molecule has 1 saturated heterocycles. The van der Waals surface area contributed by atoms with Crippen LogP contribution in [0.3, 0.4) is 0 Å². The van der Waals surface area contributed by atoms with Crippen molar-refractivity contribution in [2.24, 2.45) is 0 Å². The van der Waals surface area contributed by atoms with Crippen molar-refractivity contribution in [1.82, 2.24) is 24.8 Å². The molecule has 3 aromatic rings. The maximum absolute atomic E-state index is 12.9. The molecular formula is C20H21N5O2. The molecule has 1 aromatic carbocycles. The SMILES string of the molecule is Cc1[nH]c(-c2ccccc2)nc1C(=O)N1CCC(Oc2ncccn2)CC1. The zero-order valence-corrected chi connectivity index (χ0v) is 15.1. The van der Waals surface area contributed by atoms with Crippen molar-refractivity contribution >= 4 is 5.91 Å². The summed E-state index contributed by atoms with van der Waals surface area (Å²) in [5.41, 5.74) is 2.24. The van der Waals surface area contributed by atoms with Gasteiger partial charge < -0.3 is 14.6 Å². The molecular weight excluding hydrogens is 342 g/mol. The van der Waals surface area contributed by atoms with Gasteiger partial charge in [-0.1, -0.05) is 30.3 Å². The molecule has 1 N–H and O–H groups in total. The fourth-order valence-corrected chi connectivity index (χ4v) is 3.22. The fraction of sp³-hybridized carbons (Fsp3) is 0.300. The highest BCUT2D eigenvalue weighted by atomic mass is 16.5. The van der Waals surface area contributed by atoms with Gasteiger partial charge in [0.25, 0.3) is 5.91 Å². The topological polar surface area (TPSA) is 84.0 Å². The van der Waals surface area contributed by atoms with E-state index >= 15 is 0 Å². The van der Waals surface area contributed by atoms with E-state index in [1.807, 2.05) is 42.2 Å². The van der Waals surface area contributed by atoms with Crippen LogP contribution in [0.25, 0.3) is 11.4 Å². The van der Waals surface area contributed by atoms with Crippen molar-refractivity contribution < 1.29 is 9.53 Å². The number of amides is 1. The van der Waals surface area contributed by atoms with Crippen LogP contribution < -0.4 is 4.74 Å². The predicted octanol–water partition coefficient (Wildman–Crippen LogP) is 2.86. The maximum Gasteiger partial charge on any atom is 0.316 e. The molecule has 7 heteroatoms. The van der Waals surface area contributed by atoms with Gasteiger partial charge in [0.15, 0.2) is 0 Å². The first-order valence-electron chi connectivity index (χ1n) is 9.05. The summed E-state index contributed by atoms with van der Waals surface area (Å²) in [6.45, 7) is 3.14. The standard InChI is InChI=1S/C20H21N5O2/c1-14-17(24-18(23-14)15-6-3-2-4-7-15)19(26)25-12-8-16(9-13-25)27-20-21-10-5-11-22-20/h2-7,10-11,16H,8-9,12-13H2,1H3,(H,23,24). The molecule has 1 fully saturated rings. The third-order valence-corrected chi connectivity index (χ3v) is 4.68. The number of H-pyrrole nitrogens is 1. The number of carbonyl (C=O) groups excluding carboxylic acids is 1.